The van der Waals surface area contributed by atoms with Gasteiger partial charge in [0.25, 0.3) is 0 Å². The lowest BCUT2D eigenvalue weighted by molar-refractivity contribution is 0.0732. The Morgan fingerprint density at radius 1 is 1.45 bits per heavy atom. The number of ether oxygens (including phenoxy) is 1. The predicted molar refractivity (Wildman–Crippen MR) is 86.2 cm³/mol. The van der Waals surface area contributed by atoms with Gasteiger partial charge in [-0.15, -0.1) is 0 Å². The Balaban J connectivity index is 2.26. The van der Waals surface area contributed by atoms with E-state index < -0.39 is 0 Å². The van der Waals surface area contributed by atoms with Crippen LogP contribution in [0.15, 0.2) is 22.7 Å². The zero-order valence-corrected chi connectivity index (χ0v) is 14.1. The van der Waals surface area contributed by atoms with Gasteiger partial charge in [0.05, 0.1) is 13.2 Å². The molecule has 0 saturated carbocycles. The average molecular weight is 342 g/mol. The lowest BCUT2D eigenvalue weighted by atomic mass is 10.0. The summed E-state index contributed by atoms with van der Waals surface area (Å²) in [6, 6.07) is 6.89. The minimum atomic E-state index is 0.207. The van der Waals surface area contributed by atoms with Crippen molar-refractivity contribution in [1.82, 2.24) is 9.80 Å². The summed E-state index contributed by atoms with van der Waals surface area (Å²) < 4.78 is 6.57. The molecular formula is C15H24BrN3O. The molecule has 1 heterocycles. The standard InChI is InChI=1S/C15H24BrN3O/c1-11-10-19(7-6-18(11)2)14(9-17)13-8-12(16)4-5-15(13)20-3/h4-5,8,11,14H,6-7,9-10,17H2,1-3H3. The molecule has 1 saturated heterocycles. The van der Waals surface area contributed by atoms with Gasteiger partial charge in [-0.1, -0.05) is 15.9 Å². The molecule has 1 aliphatic heterocycles. The van der Waals surface area contributed by atoms with Gasteiger partial charge in [0.2, 0.25) is 0 Å². The van der Waals surface area contributed by atoms with Crippen molar-refractivity contribution in [3.8, 4) is 5.75 Å². The van der Waals surface area contributed by atoms with Crippen LogP contribution in [-0.2, 0) is 0 Å². The van der Waals surface area contributed by atoms with Gasteiger partial charge in [-0.3, -0.25) is 4.90 Å². The Morgan fingerprint density at radius 3 is 2.80 bits per heavy atom. The normalized spacial score (nSPS) is 22.8. The Hall–Kier alpha value is -0.620. The van der Waals surface area contributed by atoms with E-state index in [1.807, 2.05) is 12.1 Å². The molecule has 1 aliphatic rings. The third-order valence-corrected chi connectivity index (χ3v) is 4.70. The quantitative estimate of drug-likeness (QED) is 0.910. The maximum absolute atomic E-state index is 6.06. The number of nitrogens with two attached hydrogens (primary N) is 1. The SMILES string of the molecule is COc1ccc(Br)cc1C(CN)N1CCN(C)C(C)C1. The van der Waals surface area contributed by atoms with Crippen LogP contribution in [0.1, 0.15) is 18.5 Å². The Morgan fingerprint density at radius 2 is 2.20 bits per heavy atom. The van der Waals surface area contributed by atoms with E-state index in [1.54, 1.807) is 7.11 Å². The van der Waals surface area contributed by atoms with Crippen LogP contribution in [-0.4, -0.2) is 56.2 Å². The molecule has 1 fully saturated rings. The van der Waals surface area contributed by atoms with Gasteiger partial charge in [0, 0.05) is 42.3 Å². The first kappa shape index (κ1) is 15.8. The Bertz CT molecular complexity index is 455. The molecule has 4 nitrogen and oxygen atoms in total. The van der Waals surface area contributed by atoms with Crippen LogP contribution >= 0.6 is 15.9 Å². The molecular weight excluding hydrogens is 318 g/mol. The second-order valence-electron chi connectivity index (χ2n) is 5.46. The fourth-order valence-corrected chi connectivity index (χ4v) is 3.18. The summed E-state index contributed by atoms with van der Waals surface area (Å²) in [6.45, 7) is 6.02. The van der Waals surface area contributed by atoms with Crippen molar-refractivity contribution < 1.29 is 4.74 Å². The van der Waals surface area contributed by atoms with E-state index in [9.17, 15) is 0 Å². The number of hydrogen-bond acceptors (Lipinski definition) is 4. The van der Waals surface area contributed by atoms with E-state index in [0.29, 0.717) is 12.6 Å². The molecule has 112 valence electrons. The summed E-state index contributed by atoms with van der Waals surface area (Å²) >= 11 is 3.55. The fourth-order valence-electron chi connectivity index (χ4n) is 2.80. The third-order valence-electron chi connectivity index (χ3n) is 4.21. The molecule has 2 rings (SSSR count). The zero-order valence-electron chi connectivity index (χ0n) is 12.5. The van der Waals surface area contributed by atoms with Crippen LogP contribution in [0.25, 0.3) is 0 Å². The highest BCUT2D eigenvalue weighted by molar-refractivity contribution is 9.10. The molecule has 0 aromatic heterocycles. The first-order valence-electron chi connectivity index (χ1n) is 7.04. The van der Waals surface area contributed by atoms with E-state index in [-0.39, 0.29) is 6.04 Å². The molecule has 5 heteroatoms. The number of nitrogens with zero attached hydrogens (tertiary/aromatic N) is 2. The molecule has 2 atom stereocenters. The fraction of sp³-hybridized carbons (Fsp3) is 0.600. The first-order chi connectivity index (χ1) is 9.56. The van der Waals surface area contributed by atoms with Crippen LogP contribution in [0, 0.1) is 0 Å². The highest BCUT2D eigenvalue weighted by Gasteiger charge is 2.28. The van der Waals surface area contributed by atoms with Crippen molar-refractivity contribution in [2.45, 2.75) is 19.0 Å². The largest absolute Gasteiger partial charge is 0.496 e. The van der Waals surface area contributed by atoms with E-state index in [0.717, 1.165) is 29.9 Å². The minimum absolute atomic E-state index is 0.207. The summed E-state index contributed by atoms with van der Waals surface area (Å²) in [6.07, 6.45) is 0. The van der Waals surface area contributed by atoms with Crippen molar-refractivity contribution in [2.24, 2.45) is 5.73 Å². The number of halogens is 1. The van der Waals surface area contributed by atoms with Gasteiger partial charge in [0.1, 0.15) is 5.75 Å². The van der Waals surface area contributed by atoms with Gasteiger partial charge in [-0.25, -0.2) is 0 Å². The van der Waals surface area contributed by atoms with Gasteiger partial charge < -0.3 is 15.4 Å². The Kier molecular flexibility index (Phi) is 5.43. The van der Waals surface area contributed by atoms with Crippen molar-refractivity contribution in [2.75, 3.05) is 40.3 Å². The number of methoxy groups -OCH3 is 1. The topological polar surface area (TPSA) is 41.7 Å². The van der Waals surface area contributed by atoms with Crippen molar-refractivity contribution >= 4 is 15.9 Å². The van der Waals surface area contributed by atoms with E-state index in [1.165, 1.54) is 5.56 Å². The lowest BCUT2D eigenvalue weighted by Gasteiger charge is -2.41. The number of benzene rings is 1. The maximum atomic E-state index is 6.06. The molecule has 2 unspecified atom stereocenters. The number of likely N-dealkylation sites (N-methyl/N-ethyl adjacent to an activating group) is 1. The molecule has 2 N–H and O–H groups in total. The highest BCUT2D eigenvalue weighted by Crippen LogP contribution is 2.32. The maximum Gasteiger partial charge on any atom is 0.123 e. The summed E-state index contributed by atoms with van der Waals surface area (Å²) in [7, 11) is 3.89. The van der Waals surface area contributed by atoms with Gasteiger partial charge >= 0.3 is 0 Å². The molecule has 1 aromatic rings. The molecule has 0 radical (unpaired) electrons. The molecule has 20 heavy (non-hydrogen) atoms. The minimum Gasteiger partial charge on any atom is -0.496 e. The second kappa shape index (κ2) is 6.89. The summed E-state index contributed by atoms with van der Waals surface area (Å²) in [5.41, 5.74) is 7.23. The number of hydrogen-bond donors (Lipinski definition) is 1. The third kappa shape index (κ3) is 3.34. The smallest absolute Gasteiger partial charge is 0.123 e. The summed E-state index contributed by atoms with van der Waals surface area (Å²) in [5.74, 6) is 0.912. The second-order valence-corrected chi connectivity index (χ2v) is 6.38. The van der Waals surface area contributed by atoms with Crippen molar-refractivity contribution in [1.29, 1.82) is 0 Å². The predicted octanol–water partition coefficient (Wildman–Crippen LogP) is 2.09. The Labute approximate surface area is 130 Å². The van der Waals surface area contributed by atoms with Gasteiger partial charge in [-0.05, 0) is 32.2 Å². The van der Waals surface area contributed by atoms with Crippen molar-refractivity contribution in [3.05, 3.63) is 28.2 Å². The zero-order chi connectivity index (χ0) is 14.7. The number of piperazine rings is 1. The van der Waals surface area contributed by atoms with Crippen LogP contribution in [0.3, 0.4) is 0 Å². The lowest BCUT2D eigenvalue weighted by Crippen LogP contribution is -2.52. The van der Waals surface area contributed by atoms with E-state index in [2.05, 4.69) is 45.8 Å². The van der Waals surface area contributed by atoms with Crippen LogP contribution in [0.5, 0.6) is 5.75 Å². The molecule has 0 spiro atoms. The monoisotopic (exact) mass is 341 g/mol. The van der Waals surface area contributed by atoms with Crippen LogP contribution < -0.4 is 10.5 Å². The summed E-state index contributed by atoms with van der Waals surface area (Å²) in [5, 5.41) is 0. The van der Waals surface area contributed by atoms with Gasteiger partial charge in [0.15, 0.2) is 0 Å². The van der Waals surface area contributed by atoms with Crippen molar-refractivity contribution in [3.63, 3.8) is 0 Å². The highest BCUT2D eigenvalue weighted by atomic mass is 79.9. The van der Waals surface area contributed by atoms with E-state index >= 15 is 0 Å². The van der Waals surface area contributed by atoms with Crippen LogP contribution in [0.4, 0.5) is 0 Å². The van der Waals surface area contributed by atoms with Gasteiger partial charge in [-0.2, -0.15) is 0 Å². The molecule has 0 aliphatic carbocycles. The van der Waals surface area contributed by atoms with E-state index in [4.69, 9.17) is 10.5 Å². The number of rotatable bonds is 4. The molecule has 1 aromatic carbocycles. The molecule has 0 bridgehead atoms. The average Bonchev–Trinajstić information content (AvgIpc) is 2.44. The first-order valence-corrected chi connectivity index (χ1v) is 7.84. The summed E-state index contributed by atoms with van der Waals surface area (Å²) in [4.78, 5) is 4.86. The molecule has 0 amide bonds. The van der Waals surface area contributed by atoms with Crippen LogP contribution in [0.2, 0.25) is 0 Å².